The zero-order chi connectivity index (χ0) is 13.8. The minimum atomic E-state index is -0.857. The van der Waals surface area contributed by atoms with Crippen LogP contribution in [0.4, 0.5) is 5.69 Å². The first-order valence-corrected chi connectivity index (χ1v) is 6.69. The van der Waals surface area contributed by atoms with Gasteiger partial charge in [-0.1, -0.05) is 31.0 Å². The molecule has 4 nitrogen and oxygen atoms in total. The number of hydrogen-bond donors (Lipinski definition) is 2. The van der Waals surface area contributed by atoms with Crippen LogP contribution in [0.2, 0.25) is 0 Å². The Bertz CT molecular complexity index is 484. The Morgan fingerprint density at radius 2 is 1.79 bits per heavy atom. The van der Waals surface area contributed by atoms with E-state index in [9.17, 15) is 14.7 Å². The van der Waals surface area contributed by atoms with Crippen LogP contribution in [0.1, 0.15) is 31.2 Å². The Balaban J connectivity index is 2.10. The van der Waals surface area contributed by atoms with Crippen LogP contribution in [0.25, 0.3) is 0 Å². The van der Waals surface area contributed by atoms with Crippen molar-refractivity contribution in [3.63, 3.8) is 0 Å². The molecule has 1 aliphatic carbocycles. The van der Waals surface area contributed by atoms with Crippen LogP contribution in [0.15, 0.2) is 24.3 Å². The van der Waals surface area contributed by atoms with Crippen molar-refractivity contribution in [3.8, 4) is 0 Å². The van der Waals surface area contributed by atoms with Gasteiger partial charge in [-0.3, -0.25) is 9.59 Å². The first kappa shape index (κ1) is 13.6. The number of benzene rings is 1. The van der Waals surface area contributed by atoms with Gasteiger partial charge in [-0.05, 0) is 31.4 Å². The minimum absolute atomic E-state index is 0.165. The maximum Gasteiger partial charge on any atom is 0.307 e. The molecule has 2 rings (SSSR count). The number of para-hydroxylation sites is 1. The lowest BCUT2D eigenvalue weighted by Gasteiger charge is -2.27. The molecule has 102 valence electrons. The van der Waals surface area contributed by atoms with Crippen molar-refractivity contribution in [1.29, 1.82) is 0 Å². The van der Waals surface area contributed by atoms with Gasteiger partial charge in [0.2, 0.25) is 5.91 Å². The van der Waals surface area contributed by atoms with Gasteiger partial charge in [0.25, 0.3) is 0 Å². The molecule has 1 aromatic rings. The highest BCUT2D eigenvalue weighted by Gasteiger charge is 2.35. The van der Waals surface area contributed by atoms with Crippen molar-refractivity contribution in [2.45, 2.75) is 32.6 Å². The molecule has 1 amide bonds. The van der Waals surface area contributed by atoms with Crippen LogP contribution in [-0.4, -0.2) is 17.0 Å². The highest BCUT2D eigenvalue weighted by molar-refractivity contribution is 5.95. The molecule has 19 heavy (non-hydrogen) atoms. The monoisotopic (exact) mass is 261 g/mol. The lowest BCUT2D eigenvalue weighted by molar-refractivity contribution is -0.147. The first-order chi connectivity index (χ1) is 9.09. The molecule has 0 spiro atoms. The molecule has 2 atom stereocenters. The number of carbonyl (C=O) groups is 2. The third-order valence-electron chi connectivity index (χ3n) is 3.82. The zero-order valence-corrected chi connectivity index (χ0v) is 11.1. The third kappa shape index (κ3) is 3.13. The highest BCUT2D eigenvalue weighted by atomic mass is 16.4. The van der Waals surface area contributed by atoms with Gasteiger partial charge in [-0.2, -0.15) is 0 Å². The van der Waals surface area contributed by atoms with E-state index in [0.717, 1.165) is 24.1 Å². The van der Waals surface area contributed by atoms with Gasteiger partial charge in [-0.25, -0.2) is 0 Å². The second-order valence-corrected chi connectivity index (χ2v) is 5.14. The fraction of sp³-hybridized carbons (Fsp3) is 0.467. The molecule has 0 aliphatic heterocycles. The number of rotatable bonds is 3. The number of nitrogens with one attached hydrogen (secondary N) is 1. The molecular formula is C15H19NO3. The molecule has 1 aromatic carbocycles. The molecule has 0 radical (unpaired) electrons. The van der Waals surface area contributed by atoms with Gasteiger partial charge >= 0.3 is 5.97 Å². The summed E-state index contributed by atoms with van der Waals surface area (Å²) in [7, 11) is 0. The topological polar surface area (TPSA) is 66.4 Å². The average Bonchev–Trinajstić information content (AvgIpc) is 2.41. The normalized spacial score (nSPS) is 22.8. The van der Waals surface area contributed by atoms with E-state index in [4.69, 9.17) is 0 Å². The van der Waals surface area contributed by atoms with Gasteiger partial charge in [0.05, 0.1) is 11.8 Å². The molecule has 0 unspecified atom stereocenters. The smallest absolute Gasteiger partial charge is 0.307 e. The van der Waals surface area contributed by atoms with E-state index in [1.54, 1.807) is 0 Å². The van der Waals surface area contributed by atoms with E-state index < -0.39 is 17.8 Å². The van der Waals surface area contributed by atoms with Gasteiger partial charge in [0, 0.05) is 5.69 Å². The highest BCUT2D eigenvalue weighted by Crippen LogP contribution is 2.31. The van der Waals surface area contributed by atoms with Gasteiger partial charge in [0.1, 0.15) is 0 Å². The summed E-state index contributed by atoms with van der Waals surface area (Å²) >= 11 is 0. The van der Waals surface area contributed by atoms with Crippen LogP contribution in [0, 0.1) is 18.8 Å². The van der Waals surface area contributed by atoms with Crippen LogP contribution < -0.4 is 5.32 Å². The summed E-state index contributed by atoms with van der Waals surface area (Å²) in [5, 5.41) is 12.1. The Morgan fingerprint density at radius 1 is 1.16 bits per heavy atom. The molecular weight excluding hydrogens is 242 g/mol. The van der Waals surface area contributed by atoms with E-state index in [-0.39, 0.29) is 5.91 Å². The number of amides is 1. The Kier molecular flexibility index (Phi) is 4.20. The number of aliphatic carboxylic acids is 1. The fourth-order valence-electron chi connectivity index (χ4n) is 2.68. The summed E-state index contributed by atoms with van der Waals surface area (Å²) in [5.74, 6) is -1.98. The van der Waals surface area contributed by atoms with E-state index in [0.29, 0.717) is 12.8 Å². The zero-order valence-electron chi connectivity index (χ0n) is 11.1. The molecule has 1 saturated carbocycles. The SMILES string of the molecule is Cc1ccccc1NC(=O)[C@H]1CCCC[C@@H]1C(=O)O. The quantitative estimate of drug-likeness (QED) is 0.879. The van der Waals surface area contributed by atoms with Crippen molar-refractivity contribution in [2.24, 2.45) is 11.8 Å². The average molecular weight is 261 g/mol. The van der Waals surface area contributed by atoms with Crippen molar-refractivity contribution >= 4 is 17.6 Å². The minimum Gasteiger partial charge on any atom is -0.481 e. The number of aryl methyl sites for hydroxylation is 1. The lowest BCUT2D eigenvalue weighted by Crippen LogP contribution is -2.36. The molecule has 2 N–H and O–H groups in total. The Morgan fingerprint density at radius 3 is 2.42 bits per heavy atom. The standard InChI is InChI=1S/C15H19NO3/c1-10-6-2-5-9-13(10)16-14(17)11-7-3-4-8-12(11)15(18)19/h2,5-6,9,11-12H,3-4,7-8H2,1H3,(H,16,17)(H,18,19)/t11-,12-/m0/s1. The summed E-state index contributed by atoms with van der Waals surface area (Å²) in [6, 6.07) is 7.53. The van der Waals surface area contributed by atoms with E-state index in [1.165, 1.54) is 0 Å². The van der Waals surface area contributed by atoms with Crippen molar-refractivity contribution < 1.29 is 14.7 Å². The molecule has 0 bridgehead atoms. The second-order valence-electron chi connectivity index (χ2n) is 5.14. The van der Waals surface area contributed by atoms with Crippen molar-refractivity contribution in [2.75, 3.05) is 5.32 Å². The Hall–Kier alpha value is -1.84. The maximum absolute atomic E-state index is 12.3. The lowest BCUT2D eigenvalue weighted by atomic mass is 9.78. The molecule has 0 heterocycles. The predicted octanol–water partition coefficient (Wildman–Crippen LogP) is 2.82. The third-order valence-corrected chi connectivity index (χ3v) is 3.82. The summed E-state index contributed by atoms with van der Waals surface area (Å²) in [6.45, 7) is 1.92. The summed E-state index contributed by atoms with van der Waals surface area (Å²) in [5.41, 5.74) is 1.75. The number of carbonyl (C=O) groups excluding carboxylic acids is 1. The summed E-state index contributed by atoms with van der Waals surface area (Å²) in [6.07, 6.45) is 3.08. The number of hydrogen-bond acceptors (Lipinski definition) is 2. The number of carboxylic acids is 1. The molecule has 1 fully saturated rings. The fourth-order valence-corrected chi connectivity index (χ4v) is 2.68. The molecule has 0 saturated heterocycles. The van der Waals surface area contributed by atoms with E-state index >= 15 is 0 Å². The van der Waals surface area contributed by atoms with Crippen LogP contribution >= 0.6 is 0 Å². The second kappa shape index (κ2) is 5.87. The first-order valence-electron chi connectivity index (χ1n) is 6.69. The number of carboxylic acid groups (broad SMARTS) is 1. The van der Waals surface area contributed by atoms with Crippen molar-refractivity contribution in [1.82, 2.24) is 0 Å². The van der Waals surface area contributed by atoms with E-state index in [2.05, 4.69) is 5.32 Å². The molecule has 0 aromatic heterocycles. The van der Waals surface area contributed by atoms with Crippen molar-refractivity contribution in [3.05, 3.63) is 29.8 Å². The van der Waals surface area contributed by atoms with Crippen LogP contribution in [0.3, 0.4) is 0 Å². The predicted molar refractivity (Wildman–Crippen MR) is 72.9 cm³/mol. The Labute approximate surface area is 112 Å². The van der Waals surface area contributed by atoms with Gasteiger partial charge < -0.3 is 10.4 Å². The van der Waals surface area contributed by atoms with E-state index in [1.807, 2.05) is 31.2 Å². The molecule has 4 heteroatoms. The van der Waals surface area contributed by atoms with Gasteiger partial charge in [0.15, 0.2) is 0 Å². The largest absolute Gasteiger partial charge is 0.481 e. The maximum atomic E-state index is 12.3. The van der Waals surface area contributed by atoms with Crippen LogP contribution in [0.5, 0.6) is 0 Å². The summed E-state index contributed by atoms with van der Waals surface area (Å²) in [4.78, 5) is 23.5. The molecule has 1 aliphatic rings. The van der Waals surface area contributed by atoms with Crippen LogP contribution in [-0.2, 0) is 9.59 Å². The summed E-state index contributed by atoms with van der Waals surface area (Å²) < 4.78 is 0. The number of anilines is 1. The van der Waals surface area contributed by atoms with Gasteiger partial charge in [-0.15, -0.1) is 0 Å².